The van der Waals surface area contributed by atoms with E-state index in [0.29, 0.717) is 12.1 Å². The fourth-order valence-electron chi connectivity index (χ4n) is 2.09. The van der Waals surface area contributed by atoms with Crippen LogP contribution in [0.4, 0.5) is 4.39 Å². The smallest absolute Gasteiger partial charge is 0.128 e. The molecule has 0 spiro atoms. The van der Waals surface area contributed by atoms with E-state index in [4.69, 9.17) is 5.11 Å². The maximum atomic E-state index is 14.0. The molecule has 0 bridgehead atoms. The molecule has 4 heteroatoms. The average molecular weight is 279 g/mol. The van der Waals surface area contributed by atoms with Crippen molar-refractivity contribution in [1.29, 1.82) is 0 Å². The van der Waals surface area contributed by atoms with Crippen LogP contribution in [0.15, 0.2) is 18.2 Å². The van der Waals surface area contributed by atoms with Gasteiger partial charge in [-0.3, -0.25) is 4.90 Å². The maximum absolute atomic E-state index is 14.0. The van der Waals surface area contributed by atoms with Gasteiger partial charge in [0.15, 0.2) is 0 Å². The number of aliphatic hydroxyl groups is 1. The lowest BCUT2D eigenvalue weighted by molar-refractivity contribution is 0.283. The molecular weight excluding hydrogens is 261 g/mol. The van der Waals surface area contributed by atoms with E-state index in [2.05, 4.69) is 16.7 Å². The fraction of sp³-hybridized carbons (Fsp3) is 0.467. The molecule has 2 nitrogen and oxygen atoms in total. The third-order valence-electron chi connectivity index (χ3n) is 3.07. The van der Waals surface area contributed by atoms with Crippen LogP contribution in [-0.2, 0) is 6.54 Å². The van der Waals surface area contributed by atoms with Gasteiger partial charge in [0.2, 0.25) is 0 Å². The van der Waals surface area contributed by atoms with Crippen molar-refractivity contribution >= 4 is 11.8 Å². The van der Waals surface area contributed by atoms with E-state index in [1.54, 1.807) is 6.07 Å². The molecule has 1 aromatic carbocycles. The van der Waals surface area contributed by atoms with Gasteiger partial charge in [0.1, 0.15) is 12.4 Å². The van der Waals surface area contributed by atoms with Crippen molar-refractivity contribution in [3.05, 3.63) is 35.1 Å². The molecule has 0 saturated carbocycles. The molecule has 1 aliphatic heterocycles. The number of rotatable bonds is 2. The average Bonchev–Trinajstić information content (AvgIpc) is 2.68. The van der Waals surface area contributed by atoms with Crippen LogP contribution in [0.25, 0.3) is 0 Å². The first-order valence-corrected chi connectivity index (χ1v) is 7.63. The largest absolute Gasteiger partial charge is 0.384 e. The van der Waals surface area contributed by atoms with Crippen LogP contribution >= 0.6 is 11.8 Å². The highest BCUT2D eigenvalue weighted by Crippen LogP contribution is 2.16. The highest BCUT2D eigenvalue weighted by atomic mass is 32.2. The summed E-state index contributed by atoms with van der Waals surface area (Å²) in [6.07, 6.45) is 1.17. The van der Waals surface area contributed by atoms with E-state index in [0.717, 1.165) is 24.4 Å². The molecule has 0 radical (unpaired) electrons. The van der Waals surface area contributed by atoms with Gasteiger partial charge < -0.3 is 5.11 Å². The maximum Gasteiger partial charge on any atom is 0.128 e. The lowest BCUT2D eigenvalue weighted by Gasteiger charge is -2.19. The van der Waals surface area contributed by atoms with Crippen LogP contribution in [0.5, 0.6) is 0 Å². The Morgan fingerprint density at radius 1 is 1.32 bits per heavy atom. The van der Waals surface area contributed by atoms with Crippen LogP contribution in [0, 0.1) is 17.7 Å². The monoisotopic (exact) mass is 279 g/mol. The zero-order valence-electron chi connectivity index (χ0n) is 10.9. The standard InChI is InChI=1S/C15H18FNOS/c16-15-11-13(3-1-8-18)4-5-14(15)12-17-6-2-9-19-10-7-17/h4-5,11,18H,2,6-10,12H2. The molecule has 0 amide bonds. The van der Waals surface area contributed by atoms with Crippen LogP contribution < -0.4 is 0 Å². The molecule has 102 valence electrons. The summed E-state index contributed by atoms with van der Waals surface area (Å²) in [7, 11) is 0. The van der Waals surface area contributed by atoms with Crippen molar-refractivity contribution in [2.24, 2.45) is 0 Å². The van der Waals surface area contributed by atoms with Crippen molar-refractivity contribution < 1.29 is 9.50 Å². The predicted octanol–water partition coefficient (Wildman–Crippen LogP) is 2.11. The molecule has 2 rings (SSSR count). The van der Waals surface area contributed by atoms with E-state index in [1.165, 1.54) is 18.2 Å². The van der Waals surface area contributed by atoms with Crippen LogP contribution in [0.2, 0.25) is 0 Å². The van der Waals surface area contributed by atoms with Crippen molar-refractivity contribution in [3.63, 3.8) is 0 Å². The molecule has 0 unspecified atom stereocenters. The lowest BCUT2D eigenvalue weighted by Crippen LogP contribution is -2.25. The summed E-state index contributed by atoms with van der Waals surface area (Å²) in [6, 6.07) is 5.06. The fourth-order valence-corrected chi connectivity index (χ4v) is 3.02. The van der Waals surface area contributed by atoms with E-state index in [1.807, 2.05) is 17.8 Å². The summed E-state index contributed by atoms with van der Waals surface area (Å²) >= 11 is 1.97. The van der Waals surface area contributed by atoms with Gasteiger partial charge in [0, 0.05) is 30.0 Å². The molecule has 19 heavy (non-hydrogen) atoms. The summed E-state index contributed by atoms with van der Waals surface area (Å²) < 4.78 is 14.0. The van der Waals surface area contributed by atoms with Gasteiger partial charge in [0.25, 0.3) is 0 Å². The number of benzene rings is 1. The van der Waals surface area contributed by atoms with Crippen molar-refractivity contribution in [3.8, 4) is 11.8 Å². The molecule has 1 heterocycles. The summed E-state index contributed by atoms with van der Waals surface area (Å²) in [4.78, 5) is 2.30. The van der Waals surface area contributed by atoms with Gasteiger partial charge in [-0.25, -0.2) is 4.39 Å². The Morgan fingerprint density at radius 3 is 3.00 bits per heavy atom. The highest BCUT2D eigenvalue weighted by molar-refractivity contribution is 7.99. The van der Waals surface area contributed by atoms with Crippen molar-refractivity contribution in [1.82, 2.24) is 4.90 Å². The van der Waals surface area contributed by atoms with Gasteiger partial charge in [-0.15, -0.1) is 0 Å². The molecule has 1 N–H and O–H groups in total. The second-order valence-electron chi connectivity index (χ2n) is 4.51. The topological polar surface area (TPSA) is 23.5 Å². The second-order valence-corrected chi connectivity index (χ2v) is 5.73. The van der Waals surface area contributed by atoms with Gasteiger partial charge >= 0.3 is 0 Å². The summed E-state index contributed by atoms with van der Waals surface area (Å²) in [5.74, 6) is 7.37. The van der Waals surface area contributed by atoms with Crippen LogP contribution in [0.3, 0.4) is 0 Å². The molecule has 0 aromatic heterocycles. The molecule has 0 aliphatic carbocycles. The highest BCUT2D eigenvalue weighted by Gasteiger charge is 2.12. The molecule has 1 fully saturated rings. The van der Waals surface area contributed by atoms with Crippen molar-refractivity contribution in [2.45, 2.75) is 13.0 Å². The number of halogens is 1. The van der Waals surface area contributed by atoms with E-state index in [-0.39, 0.29) is 12.4 Å². The van der Waals surface area contributed by atoms with Crippen LogP contribution in [-0.4, -0.2) is 41.2 Å². The summed E-state index contributed by atoms with van der Waals surface area (Å²) in [5.41, 5.74) is 1.34. The number of hydrogen-bond acceptors (Lipinski definition) is 3. The first-order valence-electron chi connectivity index (χ1n) is 6.48. The molecular formula is C15H18FNOS. The Labute approximate surface area is 118 Å². The number of aliphatic hydroxyl groups excluding tert-OH is 1. The van der Waals surface area contributed by atoms with E-state index >= 15 is 0 Å². The number of hydrogen-bond donors (Lipinski definition) is 1. The van der Waals surface area contributed by atoms with Gasteiger partial charge in [0.05, 0.1) is 0 Å². The first kappa shape index (κ1) is 14.4. The first-order chi connectivity index (χ1) is 9.29. The number of thioether (sulfide) groups is 1. The normalized spacial score (nSPS) is 16.5. The predicted molar refractivity (Wildman–Crippen MR) is 77.6 cm³/mol. The Morgan fingerprint density at radius 2 is 2.21 bits per heavy atom. The van der Waals surface area contributed by atoms with Crippen LogP contribution in [0.1, 0.15) is 17.5 Å². The Kier molecular flexibility index (Phi) is 5.71. The number of nitrogens with zero attached hydrogens (tertiary/aromatic N) is 1. The third-order valence-corrected chi connectivity index (χ3v) is 4.12. The molecule has 1 aliphatic rings. The minimum atomic E-state index is -0.207. The minimum absolute atomic E-state index is 0.200. The Bertz CT molecular complexity index is 473. The van der Waals surface area contributed by atoms with Gasteiger partial charge in [-0.05, 0) is 30.9 Å². The molecule has 1 aromatic rings. The Balaban J connectivity index is 2.03. The Hall–Kier alpha value is -1.02. The quantitative estimate of drug-likeness (QED) is 0.839. The van der Waals surface area contributed by atoms with Gasteiger partial charge in [-0.1, -0.05) is 17.9 Å². The van der Waals surface area contributed by atoms with Crippen molar-refractivity contribution in [2.75, 3.05) is 31.2 Å². The third kappa shape index (κ3) is 4.54. The lowest BCUT2D eigenvalue weighted by atomic mass is 10.1. The SMILES string of the molecule is OCC#Cc1ccc(CN2CCCSCC2)c(F)c1. The minimum Gasteiger partial charge on any atom is -0.384 e. The van der Waals surface area contributed by atoms with E-state index < -0.39 is 0 Å². The second kappa shape index (κ2) is 7.54. The zero-order valence-corrected chi connectivity index (χ0v) is 11.7. The molecule has 1 saturated heterocycles. The summed E-state index contributed by atoms with van der Waals surface area (Å²) in [5, 5.41) is 8.62. The van der Waals surface area contributed by atoms with E-state index in [9.17, 15) is 4.39 Å². The summed E-state index contributed by atoms with van der Waals surface area (Å²) in [6.45, 7) is 2.53. The molecule has 0 atom stereocenters. The van der Waals surface area contributed by atoms with Gasteiger partial charge in [-0.2, -0.15) is 11.8 Å². The zero-order chi connectivity index (χ0) is 13.5.